The van der Waals surface area contributed by atoms with Crippen LogP contribution in [0.3, 0.4) is 0 Å². The van der Waals surface area contributed by atoms with E-state index in [1.54, 1.807) is 19.1 Å². The van der Waals surface area contributed by atoms with Crippen LogP contribution in [-0.4, -0.2) is 24.0 Å². The number of amides is 1. The molecule has 6 nitrogen and oxygen atoms in total. The van der Waals surface area contributed by atoms with Gasteiger partial charge in [-0.05, 0) is 25.1 Å². The molecule has 1 amide bonds. The Balaban J connectivity index is 1.89. The van der Waals surface area contributed by atoms with Gasteiger partial charge in [0.15, 0.2) is 11.6 Å². The van der Waals surface area contributed by atoms with Crippen molar-refractivity contribution in [2.75, 3.05) is 13.2 Å². The number of hydrogen-bond acceptors (Lipinski definition) is 4. The summed E-state index contributed by atoms with van der Waals surface area (Å²) >= 11 is 0. The van der Waals surface area contributed by atoms with Crippen LogP contribution in [-0.2, 0) is 0 Å². The zero-order valence-electron chi connectivity index (χ0n) is 12.4. The normalized spacial score (nSPS) is 10.2. The second-order valence-electron chi connectivity index (χ2n) is 4.79. The van der Waals surface area contributed by atoms with Crippen LogP contribution in [0.5, 0.6) is 5.75 Å². The first kappa shape index (κ1) is 16.4. The Labute approximate surface area is 132 Å². The van der Waals surface area contributed by atoms with Crippen LogP contribution in [0.1, 0.15) is 15.9 Å². The number of nitro groups is 1. The van der Waals surface area contributed by atoms with E-state index in [2.05, 4.69) is 5.32 Å². The molecule has 1 N–H and O–H groups in total. The number of nitro benzene ring substituents is 1. The number of aryl methyl sites for hydroxylation is 1. The molecule has 0 aliphatic carbocycles. The Kier molecular flexibility index (Phi) is 5.24. The van der Waals surface area contributed by atoms with Gasteiger partial charge in [0.2, 0.25) is 0 Å². The molecule has 0 saturated heterocycles. The van der Waals surface area contributed by atoms with Gasteiger partial charge in [-0.2, -0.15) is 0 Å². The maximum atomic E-state index is 13.3. The molecule has 0 atom stereocenters. The standard InChI is InChI=1S/C16H15FN2O4/c1-11-6-7-12(10-14(11)19(21)22)16(20)18-8-9-23-15-5-3-2-4-13(15)17/h2-7,10H,8-9H2,1H3,(H,18,20). The minimum Gasteiger partial charge on any atom is -0.489 e. The van der Waals surface area contributed by atoms with Crippen LogP contribution in [0.2, 0.25) is 0 Å². The second kappa shape index (κ2) is 7.35. The fraction of sp³-hybridized carbons (Fsp3) is 0.188. The third kappa shape index (κ3) is 4.26. The maximum Gasteiger partial charge on any atom is 0.273 e. The van der Waals surface area contributed by atoms with Crippen molar-refractivity contribution in [3.63, 3.8) is 0 Å². The molecule has 23 heavy (non-hydrogen) atoms. The van der Waals surface area contributed by atoms with Crippen LogP contribution in [0.4, 0.5) is 10.1 Å². The number of carbonyl (C=O) groups excluding carboxylic acids is 1. The number of hydrogen-bond donors (Lipinski definition) is 1. The van der Waals surface area contributed by atoms with Crippen LogP contribution in [0.15, 0.2) is 42.5 Å². The zero-order valence-corrected chi connectivity index (χ0v) is 12.4. The summed E-state index contributed by atoms with van der Waals surface area (Å²) in [6, 6.07) is 10.2. The molecule has 7 heteroatoms. The summed E-state index contributed by atoms with van der Waals surface area (Å²) in [4.78, 5) is 22.3. The molecule has 0 aliphatic heterocycles. The number of nitrogens with zero attached hydrogens (tertiary/aromatic N) is 1. The lowest BCUT2D eigenvalue weighted by Crippen LogP contribution is -2.28. The van der Waals surface area contributed by atoms with Gasteiger partial charge in [0.1, 0.15) is 6.61 Å². The number of ether oxygens (including phenoxy) is 1. The van der Waals surface area contributed by atoms with Crippen LogP contribution >= 0.6 is 0 Å². The molecule has 0 bridgehead atoms. The molecule has 0 radical (unpaired) electrons. The minimum atomic E-state index is -0.534. The molecule has 0 saturated carbocycles. The van der Waals surface area contributed by atoms with E-state index in [0.29, 0.717) is 5.56 Å². The van der Waals surface area contributed by atoms with Crippen molar-refractivity contribution in [3.05, 3.63) is 69.5 Å². The molecule has 0 unspecified atom stereocenters. The SMILES string of the molecule is Cc1ccc(C(=O)NCCOc2ccccc2F)cc1[N+](=O)[O-]. The van der Waals surface area contributed by atoms with E-state index in [-0.39, 0.29) is 30.2 Å². The third-order valence-corrected chi connectivity index (χ3v) is 3.15. The van der Waals surface area contributed by atoms with Crippen LogP contribution < -0.4 is 10.1 Å². The molecule has 0 aromatic heterocycles. The van der Waals surface area contributed by atoms with E-state index < -0.39 is 16.6 Å². The predicted octanol–water partition coefficient (Wildman–Crippen LogP) is 2.85. The number of para-hydroxylation sites is 1. The van der Waals surface area contributed by atoms with E-state index in [4.69, 9.17) is 4.74 Å². The Morgan fingerprint density at radius 3 is 2.74 bits per heavy atom. The van der Waals surface area contributed by atoms with E-state index >= 15 is 0 Å². The minimum absolute atomic E-state index is 0.0840. The summed E-state index contributed by atoms with van der Waals surface area (Å²) < 4.78 is 18.5. The molecular formula is C16H15FN2O4. The van der Waals surface area contributed by atoms with E-state index in [1.807, 2.05) is 0 Å². The van der Waals surface area contributed by atoms with Crippen molar-refractivity contribution in [2.45, 2.75) is 6.92 Å². The lowest BCUT2D eigenvalue weighted by molar-refractivity contribution is -0.385. The number of nitrogens with one attached hydrogen (secondary N) is 1. The highest BCUT2D eigenvalue weighted by molar-refractivity contribution is 5.94. The number of carbonyl (C=O) groups is 1. The molecule has 2 aromatic rings. The lowest BCUT2D eigenvalue weighted by Gasteiger charge is -2.08. The zero-order chi connectivity index (χ0) is 16.8. The highest BCUT2D eigenvalue weighted by atomic mass is 19.1. The van der Waals surface area contributed by atoms with Gasteiger partial charge >= 0.3 is 0 Å². The monoisotopic (exact) mass is 318 g/mol. The number of halogens is 1. The van der Waals surface area contributed by atoms with E-state index in [0.717, 1.165) is 0 Å². The summed E-state index contributed by atoms with van der Waals surface area (Å²) in [5, 5.41) is 13.4. The van der Waals surface area contributed by atoms with Crippen LogP contribution in [0, 0.1) is 22.9 Å². The largest absolute Gasteiger partial charge is 0.489 e. The predicted molar refractivity (Wildman–Crippen MR) is 82.1 cm³/mol. The smallest absolute Gasteiger partial charge is 0.273 e. The third-order valence-electron chi connectivity index (χ3n) is 3.15. The molecule has 2 aromatic carbocycles. The summed E-state index contributed by atoms with van der Waals surface area (Å²) in [6.07, 6.45) is 0. The van der Waals surface area contributed by atoms with E-state index in [9.17, 15) is 19.3 Å². The summed E-state index contributed by atoms with van der Waals surface area (Å²) in [7, 11) is 0. The van der Waals surface area contributed by atoms with Gasteiger partial charge in [-0.1, -0.05) is 18.2 Å². The quantitative estimate of drug-likeness (QED) is 0.504. The average Bonchev–Trinajstić information content (AvgIpc) is 2.53. The first-order chi connectivity index (χ1) is 11.0. The van der Waals surface area contributed by atoms with Crippen molar-refractivity contribution < 1.29 is 18.8 Å². The van der Waals surface area contributed by atoms with Crippen molar-refractivity contribution in [1.29, 1.82) is 0 Å². The summed E-state index contributed by atoms with van der Waals surface area (Å²) in [5.41, 5.74) is 0.558. The van der Waals surface area contributed by atoms with Gasteiger partial charge < -0.3 is 10.1 Å². The van der Waals surface area contributed by atoms with Gasteiger partial charge in [-0.25, -0.2) is 4.39 Å². The van der Waals surface area contributed by atoms with Gasteiger partial charge in [0.05, 0.1) is 11.5 Å². The van der Waals surface area contributed by atoms with Gasteiger partial charge in [-0.3, -0.25) is 14.9 Å². The topological polar surface area (TPSA) is 81.5 Å². The van der Waals surface area contributed by atoms with Crippen molar-refractivity contribution >= 4 is 11.6 Å². The first-order valence-corrected chi connectivity index (χ1v) is 6.89. The Hall–Kier alpha value is -2.96. The fourth-order valence-electron chi connectivity index (χ4n) is 1.94. The average molecular weight is 318 g/mol. The highest BCUT2D eigenvalue weighted by Crippen LogP contribution is 2.19. The van der Waals surface area contributed by atoms with Crippen molar-refractivity contribution in [3.8, 4) is 5.75 Å². The maximum absolute atomic E-state index is 13.3. The molecular weight excluding hydrogens is 303 g/mol. The summed E-state index contributed by atoms with van der Waals surface area (Å²) in [5.74, 6) is -0.828. The number of benzene rings is 2. The Bertz CT molecular complexity index is 734. The number of rotatable bonds is 6. The summed E-state index contributed by atoms with van der Waals surface area (Å²) in [6.45, 7) is 1.83. The van der Waals surface area contributed by atoms with Gasteiger partial charge in [0, 0.05) is 17.2 Å². The highest BCUT2D eigenvalue weighted by Gasteiger charge is 2.14. The van der Waals surface area contributed by atoms with E-state index in [1.165, 1.54) is 30.3 Å². The molecule has 2 rings (SSSR count). The Morgan fingerprint density at radius 2 is 2.04 bits per heavy atom. The second-order valence-corrected chi connectivity index (χ2v) is 4.79. The first-order valence-electron chi connectivity index (χ1n) is 6.89. The van der Waals surface area contributed by atoms with Gasteiger partial charge in [0.25, 0.3) is 11.6 Å². The lowest BCUT2D eigenvalue weighted by atomic mass is 10.1. The fourth-order valence-corrected chi connectivity index (χ4v) is 1.94. The van der Waals surface area contributed by atoms with Gasteiger partial charge in [-0.15, -0.1) is 0 Å². The van der Waals surface area contributed by atoms with Crippen LogP contribution in [0.25, 0.3) is 0 Å². The van der Waals surface area contributed by atoms with Crippen molar-refractivity contribution in [1.82, 2.24) is 5.32 Å². The Morgan fingerprint density at radius 1 is 1.30 bits per heavy atom. The van der Waals surface area contributed by atoms with Crippen molar-refractivity contribution in [2.24, 2.45) is 0 Å². The molecule has 0 spiro atoms. The molecule has 0 aliphatic rings. The molecule has 0 fully saturated rings. The molecule has 0 heterocycles. The molecule has 120 valence electrons.